The molecule has 0 heterocycles. The maximum Gasteiger partial charge on any atom is 0.160 e. The summed E-state index contributed by atoms with van der Waals surface area (Å²) in [4.78, 5) is 11.3. The Hall–Kier alpha value is -1.68. The van der Waals surface area contributed by atoms with Crippen molar-refractivity contribution in [2.75, 3.05) is 0 Å². The van der Waals surface area contributed by atoms with E-state index in [1.807, 2.05) is 6.92 Å². The van der Waals surface area contributed by atoms with Gasteiger partial charge in [-0.1, -0.05) is 6.07 Å². The summed E-state index contributed by atoms with van der Waals surface area (Å²) in [6, 6.07) is 9.44. The standard InChI is InChI=1S/C15H12BrFO2/c1-9-3-4-11(17)7-15(9)19-12-5-6-13(10(2)18)14(16)8-12/h3-8H,1-2H3. The summed E-state index contributed by atoms with van der Waals surface area (Å²) < 4.78 is 19.4. The molecule has 0 aromatic heterocycles. The molecule has 98 valence electrons. The summed E-state index contributed by atoms with van der Waals surface area (Å²) in [7, 11) is 0. The quantitative estimate of drug-likeness (QED) is 0.752. The van der Waals surface area contributed by atoms with E-state index in [1.54, 1.807) is 24.3 Å². The average molecular weight is 323 g/mol. The number of halogens is 2. The lowest BCUT2D eigenvalue weighted by Crippen LogP contribution is -1.95. The van der Waals surface area contributed by atoms with Gasteiger partial charge in [0.15, 0.2) is 5.78 Å². The van der Waals surface area contributed by atoms with Gasteiger partial charge in [-0.2, -0.15) is 0 Å². The van der Waals surface area contributed by atoms with Crippen molar-refractivity contribution in [3.05, 3.63) is 57.8 Å². The molecule has 0 aliphatic carbocycles. The molecule has 2 aromatic rings. The topological polar surface area (TPSA) is 26.3 Å². The highest BCUT2D eigenvalue weighted by molar-refractivity contribution is 9.10. The monoisotopic (exact) mass is 322 g/mol. The van der Waals surface area contributed by atoms with Gasteiger partial charge in [-0.05, 0) is 59.6 Å². The Bertz CT molecular complexity index is 638. The molecule has 0 spiro atoms. The summed E-state index contributed by atoms with van der Waals surface area (Å²) in [5.74, 6) is 0.633. The summed E-state index contributed by atoms with van der Waals surface area (Å²) >= 11 is 3.32. The van der Waals surface area contributed by atoms with E-state index in [2.05, 4.69) is 15.9 Å². The second-order valence-corrected chi connectivity index (χ2v) is 5.06. The van der Waals surface area contributed by atoms with E-state index in [4.69, 9.17) is 4.74 Å². The van der Waals surface area contributed by atoms with Crippen LogP contribution in [0, 0.1) is 12.7 Å². The third kappa shape index (κ3) is 3.20. The fourth-order valence-corrected chi connectivity index (χ4v) is 2.29. The Morgan fingerprint density at radius 1 is 1.21 bits per heavy atom. The number of carbonyl (C=O) groups excluding carboxylic acids is 1. The van der Waals surface area contributed by atoms with Crippen LogP contribution in [-0.2, 0) is 0 Å². The Morgan fingerprint density at radius 2 is 1.95 bits per heavy atom. The molecule has 0 atom stereocenters. The van der Waals surface area contributed by atoms with Gasteiger partial charge < -0.3 is 4.74 Å². The molecule has 0 radical (unpaired) electrons. The molecule has 0 fully saturated rings. The Labute approximate surface area is 119 Å². The molecule has 0 amide bonds. The van der Waals surface area contributed by atoms with Gasteiger partial charge in [-0.3, -0.25) is 4.79 Å². The van der Waals surface area contributed by atoms with E-state index in [9.17, 15) is 9.18 Å². The summed E-state index contributed by atoms with van der Waals surface area (Å²) in [5.41, 5.74) is 1.43. The van der Waals surface area contributed by atoms with Gasteiger partial charge in [0, 0.05) is 16.1 Å². The van der Waals surface area contributed by atoms with Crippen LogP contribution >= 0.6 is 15.9 Å². The molecule has 0 bridgehead atoms. The number of aryl methyl sites for hydroxylation is 1. The van der Waals surface area contributed by atoms with Crippen LogP contribution in [0.4, 0.5) is 4.39 Å². The van der Waals surface area contributed by atoms with Crippen LogP contribution in [0.5, 0.6) is 11.5 Å². The minimum atomic E-state index is -0.347. The van der Waals surface area contributed by atoms with E-state index >= 15 is 0 Å². The lowest BCUT2D eigenvalue weighted by Gasteiger charge is -2.10. The van der Waals surface area contributed by atoms with Gasteiger partial charge in [0.1, 0.15) is 17.3 Å². The van der Waals surface area contributed by atoms with Crippen molar-refractivity contribution in [3.8, 4) is 11.5 Å². The zero-order valence-electron chi connectivity index (χ0n) is 10.5. The minimum Gasteiger partial charge on any atom is -0.457 e. The maximum absolute atomic E-state index is 13.2. The van der Waals surface area contributed by atoms with Gasteiger partial charge in [-0.15, -0.1) is 0 Å². The molecule has 0 aliphatic rings. The molecule has 4 heteroatoms. The number of ketones is 1. The first-order valence-corrected chi connectivity index (χ1v) is 6.51. The predicted molar refractivity (Wildman–Crippen MR) is 75.4 cm³/mol. The third-order valence-corrected chi connectivity index (χ3v) is 3.35. The summed E-state index contributed by atoms with van der Waals surface area (Å²) in [6.45, 7) is 3.34. The largest absolute Gasteiger partial charge is 0.457 e. The number of carbonyl (C=O) groups is 1. The smallest absolute Gasteiger partial charge is 0.160 e. The molecule has 2 aromatic carbocycles. The number of hydrogen-bond acceptors (Lipinski definition) is 2. The molecule has 2 rings (SSSR count). The molecular weight excluding hydrogens is 311 g/mol. The Morgan fingerprint density at radius 3 is 2.58 bits per heavy atom. The van der Waals surface area contributed by atoms with Crippen LogP contribution in [0.25, 0.3) is 0 Å². The van der Waals surface area contributed by atoms with Gasteiger partial charge in [-0.25, -0.2) is 4.39 Å². The molecule has 0 aliphatic heterocycles. The van der Waals surface area contributed by atoms with Crippen LogP contribution in [0.15, 0.2) is 40.9 Å². The van der Waals surface area contributed by atoms with Gasteiger partial charge >= 0.3 is 0 Å². The first-order chi connectivity index (χ1) is 8.97. The lowest BCUT2D eigenvalue weighted by molar-refractivity contribution is 0.101. The highest BCUT2D eigenvalue weighted by Gasteiger charge is 2.08. The average Bonchev–Trinajstić information content (AvgIpc) is 2.33. The van der Waals surface area contributed by atoms with E-state index in [1.165, 1.54) is 19.1 Å². The molecule has 0 saturated carbocycles. The second kappa shape index (κ2) is 5.53. The molecule has 19 heavy (non-hydrogen) atoms. The van der Waals surface area contributed by atoms with Crippen molar-refractivity contribution in [1.82, 2.24) is 0 Å². The molecule has 0 saturated heterocycles. The highest BCUT2D eigenvalue weighted by atomic mass is 79.9. The fourth-order valence-electron chi connectivity index (χ4n) is 1.66. The number of hydrogen-bond donors (Lipinski definition) is 0. The normalized spacial score (nSPS) is 10.3. The number of benzene rings is 2. The first-order valence-electron chi connectivity index (χ1n) is 5.72. The number of rotatable bonds is 3. The van der Waals surface area contributed by atoms with Crippen molar-refractivity contribution in [2.45, 2.75) is 13.8 Å². The second-order valence-electron chi connectivity index (χ2n) is 4.21. The van der Waals surface area contributed by atoms with Crippen LogP contribution in [-0.4, -0.2) is 5.78 Å². The number of ether oxygens (including phenoxy) is 1. The zero-order chi connectivity index (χ0) is 14.0. The summed E-state index contributed by atoms with van der Waals surface area (Å²) in [5, 5.41) is 0. The van der Waals surface area contributed by atoms with E-state index in [-0.39, 0.29) is 11.6 Å². The lowest BCUT2D eigenvalue weighted by atomic mass is 10.1. The van der Waals surface area contributed by atoms with Crippen molar-refractivity contribution in [1.29, 1.82) is 0 Å². The van der Waals surface area contributed by atoms with Crippen LogP contribution in [0.1, 0.15) is 22.8 Å². The van der Waals surface area contributed by atoms with Crippen molar-refractivity contribution < 1.29 is 13.9 Å². The van der Waals surface area contributed by atoms with Gasteiger partial charge in [0.2, 0.25) is 0 Å². The Kier molecular flexibility index (Phi) is 4.00. The minimum absolute atomic E-state index is 0.0274. The number of Topliss-reactive ketones (excluding diaryl/α,β-unsaturated/α-hetero) is 1. The molecule has 0 N–H and O–H groups in total. The molecule has 0 unspecified atom stereocenters. The molecule has 2 nitrogen and oxygen atoms in total. The zero-order valence-corrected chi connectivity index (χ0v) is 12.1. The van der Waals surface area contributed by atoms with Crippen molar-refractivity contribution in [3.63, 3.8) is 0 Å². The third-order valence-electron chi connectivity index (χ3n) is 2.70. The van der Waals surface area contributed by atoms with E-state index in [0.29, 0.717) is 21.5 Å². The van der Waals surface area contributed by atoms with Crippen LogP contribution < -0.4 is 4.74 Å². The van der Waals surface area contributed by atoms with Gasteiger partial charge in [0.05, 0.1) is 0 Å². The Balaban J connectivity index is 2.31. The van der Waals surface area contributed by atoms with Crippen LogP contribution in [0.3, 0.4) is 0 Å². The maximum atomic E-state index is 13.2. The summed E-state index contributed by atoms with van der Waals surface area (Å²) in [6.07, 6.45) is 0. The van der Waals surface area contributed by atoms with E-state index < -0.39 is 0 Å². The fraction of sp³-hybridized carbons (Fsp3) is 0.133. The first kappa shape index (κ1) is 13.7. The van der Waals surface area contributed by atoms with Gasteiger partial charge in [0.25, 0.3) is 0 Å². The van der Waals surface area contributed by atoms with Crippen LogP contribution in [0.2, 0.25) is 0 Å². The highest BCUT2D eigenvalue weighted by Crippen LogP contribution is 2.29. The SMILES string of the molecule is CC(=O)c1ccc(Oc2cc(F)ccc2C)cc1Br. The van der Waals surface area contributed by atoms with Crippen molar-refractivity contribution >= 4 is 21.7 Å². The van der Waals surface area contributed by atoms with Crippen molar-refractivity contribution in [2.24, 2.45) is 0 Å². The predicted octanol–water partition coefficient (Wildman–Crippen LogP) is 4.89. The molecular formula is C15H12BrFO2. The van der Waals surface area contributed by atoms with E-state index in [0.717, 1.165) is 5.56 Å².